The third-order valence-electron chi connectivity index (χ3n) is 3.17. The maximum atomic E-state index is 8.64. The standard InChI is InChI=1S/C16H27NO/c18-15-9-3-8-14-17-13-7-2-6-12-16-10-4-1-5-11-16/h1,4-5,10-11,17-18H,2-3,6-9,12-15H2. The highest BCUT2D eigenvalue weighted by molar-refractivity contribution is 5.14. The highest BCUT2D eigenvalue weighted by atomic mass is 16.2. The Morgan fingerprint density at radius 1 is 0.778 bits per heavy atom. The molecule has 18 heavy (non-hydrogen) atoms. The molecule has 0 aliphatic rings. The molecule has 0 radical (unpaired) electrons. The third kappa shape index (κ3) is 8.26. The molecule has 102 valence electrons. The van der Waals surface area contributed by atoms with Crippen molar-refractivity contribution >= 4 is 0 Å². The summed E-state index contributed by atoms with van der Waals surface area (Å²) in [7, 11) is 0. The predicted molar refractivity (Wildman–Crippen MR) is 77.8 cm³/mol. The summed E-state index contributed by atoms with van der Waals surface area (Å²) in [6, 6.07) is 10.7. The van der Waals surface area contributed by atoms with E-state index in [0.29, 0.717) is 6.61 Å². The van der Waals surface area contributed by atoms with Crippen LogP contribution in [0.5, 0.6) is 0 Å². The van der Waals surface area contributed by atoms with Gasteiger partial charge < -0.3 is 10.4 Å². The topological polar surface area (TPSA) is 32.3 Å². The minimum Gasteiger partial charge on any atom is -0.396 e. The van der Waals surface area contributed by atoms with Crippen LogP contribution in [0.25, 0.3) is 0 Å². The number of aliphatic hydroxyl groups is 1. The van der Waals surface area contributed by atoms with Crippen LogP contribution < -0.4 is 5.32 Å². The number of rotatable bonds is 11. The van der Waals surface area contributed by atoms with Crippen LogP contribution >= 0.6 is 0 Å². The van der Waals surface area contributed by atoms with Crippen molar-refractivity contribution in [3.8, 4) is 0 Å². The van der Waals surface area contributed by atoms with E-state index in [1.54, 1.807) is 0 Å². The van der Waals surface area contributed by atoms with Gasteiger partial charge in [0.25, 0.3) is 0 Å². The molecule has 0 atom stereocenters. The molecule has 0 saturated heterocycles. The van der Waals surface area contributed by atoms with Crippen molar-refractivity contribution in [2.24, 2.45) is 0 Å². The average molecular weight is 249 g/mol. The van der Waals surface area contributed by atoms with Gasteiger partial charge in [-0.2, -0.15) is 0 Å². The zero-order chi connectivity index (χ0) is 12.9. The van der Waals surface area contributed by atoms with Crippen molar-refractivity contribution in [3.05, 3.63) is 35.9 Å². The van der Waals surface area contributed by atoms with Crippen LogP contribution in [0.15, 0.2) is 30.3 Å². The number of aliphatic hydroxyl groups excluding tert-OH is 1. The van der Waals surface area contributed by atoms with E-state index in [1.165, 1.54) is 37.7 Å². The molecule has 0 aliphatic heterocycles. The van der Waals surface area contributed by atoms with E-state index in [9.17, 15) is 0 Å². The smallest absolute Gasteiger partial charge is 0.0431 e. The van der Waals surface area contributed by atoms with Crippen LogP contribution in [0.2, 0.25) is 0 Å². The number of hydrogen-bond donors (Lipinski definition) is 2. The molecule has 0 fully saturated rings. The Bertz CT molecular complexity index is 274. The lowest BCUT2D eigenvalue weighted by molar-refractivity contribution is 0.283. The van der Waals surface area contributed by atoms with Gasteiger partial charge in [0, 0.05) is 6.61 Å². The van der Waals surface area contributed by atoms with Gasteiger partial charge in [0.05, 0.1) is 0 Å². The average Bonchev–Trinajstić information content (AvgIpc) is 2.42. The summed E-state index contributed by atoms with van der Waals surface area (Å²) < 4.78 is 0. The lowest BCUT2D eigenvalue weighted by atomic mass is 10.1. The van der Waals surface area contributed by atoms with E-state index in [-0.39, 0.29) is 0 Å². The van der Waals surface area contributed by atoms with Gasteiger partial charge in [-0.05, 0) is 57.2 Å². The minimum absolute atomic E-state index is 0.333. The molecule has 2 nitrogen and oxygen atoms in total. The molecule has 0 amide bonds. The molecular weight excluding hydrogens is 222 g/mol. The number of benzene rings is 1. The number of hydrogen-bond acceptors (Lipinski definition) is 2. The molecule has 2 N–H and O–H groups in total. The molecule has 0 bridgehead atoms. The molecule has 0 aromatic heterocycles. The van der Waals surface area contributed by atoms with E-state index in [4.69, 9.17) is 5.11 Å². The maximum Gasteiger partial charge on any atom is 0.0431 e. The largest absolute Gasteiger partial charge is 0.396 e. The van der Waals surface area contributed by atoms with Crippen molar-refractivity contribution in [2.45, 2.75) is 44.9 Å². The Morgan fingerprint density at radius 2 is 1.44 bits per heavy atom. The van der Waals surface area contributed by atoms with Crippen molar-refractivity contribution < 1.29 is 5.11 Å². The molecule has 1 aromatic carbocycles. The number of aryl methyl sites for hydroxylation is 1. The first-order valence-corrected chi connectivity index (χ1v) is 7.29. The molecular formula is C16H27NO. The second-order valence-corrected chi connectivity index (χ2v) is 4.83. The summed E-state index contributed by atoms with van der Waals surface area (Å²) in [4.78, 5) is 0. The van der Waals surface area contributed by atoms with Crippen LogP contribution in [-0.2, 0) is 6.42 Å². The first kappa shape index (κ1) is 15.2. The van der Waals surface area contributed by atoms with E-state index in [1.807, 2.05) is 0 Å². The predicted octanol–water partition coefficient (Wildman–Crippen LogP) is 3.15. The van der Waals surface area contributed by atoms with Crippen molar-refractivity contribution in [3.63, 3.8) is 0 Å². The second-order valence-electron chi connectivity index (χ2n) is 4.83. The Morgan fingerprint density at radius 3 is 2.11 bits per heavy atom. The second kappa shape index (κ2) is 11.2. The van der Waals surface area contributed by atoms with Crippen molar-refractivity contribution in [2.75, 3.05) is 19.7 Å². The molecule has 0 heterocycles. The van der Waals surface area contributed by atoms with E-state index < -0.39 is 0 Å². The fourth-order valence-corrected chi connectivity index (χ4v) is 2.06. The van der Waals surface area contributed by atoms with Crippen LogP contribution in [0, 0.1) is 0 Å². The zero-order valence-corrected chi connectivity index (χ0v) is 11.4. The Kier molecular flexibility index (Phi) is 9.49. The SMILES string of the molecule is OCCCCCNCCCCCc1ccccc1. The van der Waals surface area contributed by atoms with E-state index in [2.05, 4.69) is 35.6 Å². The summed E-state index contributed by atoms with van der Waals surface area (Å²) in [6.45, 7) is 2.56. The van der Waals surface area contributed by atoms with Gasteiger partial charge in [-0.15, -0.1) is 0 Å². The molecule has 1 rings (SSSR count). The van der Waals surface area contributed by atoms with Gasteiger partial charge in [0.15, 0.2) is 0 Å². The van der Waals surface area contributed by atoms with E-state index in [0.717, 1.165) is 25.9 Å². The molecule has 0 saturated carbocycles. The quantitative estimate of drug-likeness (QED) is 0.590. The van der Waals surface area contributed by atoms with Crippen LogP contribution in [-0.4, -0.2) is 24.8 Å². The van der Waals surface area contributed by atoms with Crippen molar-refractivity contribution in [1.29, 1.82) is 0 Å². The van der Waals surface area contributed by atoms with Crippen LogP contribution in [0.4, 0.5) is 0 Å². The summed E-state index contributed by atoms with van der Waals surface area (Å²) in [5.74, 6) is 0. The molecule has 0 spiro atoms. The molecule has 0 aliphatic carbocycles. The summed E-state index contributed by atoms with van der Waals surface area (Å²) in [5, 5.41) is 12.1. The third-order valence-corrected chi connectivity index (χ3v) is 3.17. The Hall–Kier alpha value is -0.860. The summed E-state index contributed by atoms with van der Waals surface area (Å²) in [6.07, 6.45) is 8.33. The van der Waals surface area contributed by atoms with E-state index >= 15 is 0 Å². The lowest BCUT2D eigenvalue weighted by Gasteiger charge is -2.04. The molecule has 2 heteroatoms. The first-order valence-electron chi connectivity index (χ1n) is 7.29. The van der Waals surface area contributed by atoms with Gasteiger partial charge in [-0.25, -0.2) is 0 Å². The number of unbranched alkanes of at least 4 members (excludes halogenated alkanes) is 4. The van der Waals surface area contributed by atoms with Crippen molar-refractivity contribution in [1.82, 2.24) is 5.32 Å². The minimum atomic E-state index is 0.333. The highest BCUT2D eigenvalue weighted by Crippen LogP contribution is 2.05. The van der Waals surface area contributed by atoms with Gasteiger partial charge in [0.1, 0.15) is 0 Å². The van der Waals surface area contributed by atoms with Gasteiger partial charge in [-0.3, -0.25) is 0 Å². The highest BCUT2D eigenvalue weighted by Gasteiger charge is 1.93. The molecule has 0 unspecified atom stereocenters. The fourth-order valence-electron chi connectivity index (χ4n) is 2.06. The normalized spacial score (nSPS) is 10.7. The van der Waals surface area contributed by atoms with Gasteiger partial charge in [0.2, 0.25) is 0 Å². The van der Waals surface area contributed by atoms with Crippen LogP contribution in [0.1, 0.15) is 44.1 Å². The first-order chi connectivity index (χ1) is 8.93. The monoisotopic (exact) mass is 249 g/mol. The molecule has 1 aromatic rings. The van der Waals surface area contributed by atoms with Gasteiger partial charge >= 0.3 is 0 Å². The maximum absolute atomic E-state index is 8.64. The fraction of sp³-hybridized carbons (Fsp3) is 0.625. The Balaban J connectivity index is 1.82. The van der Waals surface area contributed by atoms with Gasteiger partial charge in [-0.1, -0.05) is 36.8 Å². The Labute approximate surface area is 111 Å². The summed E-state index contributed by atoms with van der Waals surface area (Å²) >= 11 is 0. The lowest BCUT2D eigenvalue weighted by Crippen LogP contribution is -2.16. The summed E-state index contributed by atoms with van der Waals surface area (Å²) in [5.41, 5.74) is 1.45. The number of nitrogens with one attached hydrogen (secondary N) is 1. The zero-order valence-electron chi connectivity index (χ0n) is 11.4. The van der Waals surface area contributed by atoms with Crippen LogP contribution in [0.3, 0.4) is 0 Å².